The highest BCUT2D eigenvalue weighted by Crippen LogP contribution is 2.29. The standard InChI is InChI=1S/C23H26N4O/c1-2-5-18-16-22(20-6-3-4-7-21(20)25-18)27-14-12-26(13-15-27)19-10-8-17(9-11-19)23(24)28/h3-4,6-11,16H,2,5,12-15H2,1H3,(H2,24,28). The number of benzene rings is 2. The SMILES string of the molecule is CCCc1cc(N2CCN(c3ccc(C(N)=O)cc3)CC2)c2ccccc2n1. The van der Waals surface area contributed by atoms with Gasteiger partial charge in [-0.2, -0.15) is 0 Å². The van der Waals surface area contributed by atoms with Gasteiger partial charge in [-0.15, -0.1) is 0 Å². The fraction of sp³-hybridized carbons (Fsp3) is 0.304. The number of carbonyl (C=O) groups is 1. The minimum atomic E-state index is -0.385. The second kappa shape index (κ2) is 7.89. The Morgan fingerprint density at radius 2 is 1.68 bits per heavy atom. The van der Waals surface area contributed by atoms with Crippen LogP contribution in [-0.4, -0.2) is 37.1 Å². The average Bonchev–Trinajstić information content (AvgIpc) is 2.74. The average molecular weight is 374 g/mol. The molecule has 1 amide bonds. The van der Waals surface area contributed by atoms with Crippen molar-refractivity contribution in [2.24, 2.45) is 5.73 Å². The Morgan fingerprint density at radius 1 is 1.00 bits per heavy atom. The molecule has 2 heterocycles. The number of anilines is 2. The van der Waals surface area contributed by atoms with Crippen molar-refractivity contribution in [3.8, 4) is 0 Å². The predicted molar refractivity (Wildman–Crippen MR) is 115 cm³/mol. The zero-order chi connectivity index (χ0) is 19.5. The van der Waals surface area contributed by atoms with Gasteiger partial charge in [0.2, 0.25) is 5.91 Å². The highest BCUT2D eigenvalue weighted by Gasteiger charge is 2.20. The van der Waals surface area contributed by atoms with E-state index in [0.717, 1.165) is 50.2 Å². The van der Waals surface area contributed by atoms with Crippen molar-refractivity contribution in [2.45, 2.75) is 19.8 Å². The van der Waals surface area contributed by atoms with Crippen LogP contribution >= 0.6 is 0 Å². The Kier molecular flexibility index (Phi) is 5.15. The van der Waals surface area contributed by atoms with E-state index in [2.05, 4.69) is 47.1 Å². The van der Waals surface area contributed by atoms with Gasteiger partial charge in [0.25, 0.3) is 0 Å². The van der Waals surface area contributed by atoms with Gasteiger partial charge in [-0.05, 0) is 42.8 Å². The fourth-order valence-corrected chi connectivity index (χ4v) is 3.90. The van der Waals surface area contributed by atoms with Gasteiger partial charge in [-0.3, -0.25) is 9.78 Å². The summed E-state index contributed by atoms with van der Waals surface area (Å²) in [5.41, 5.74) is 10.6. The largest absolute Gasteiger partial charge is 0.368 e. The summed E-state index contributed by atoms with van der Waals surface area (Å²) in [5.74, 6) is -0.385. The quantitative estimate of drug-likeness (QED) is 0.741. The number of fused-ring (bicyclic) bond motifs is 1. The molecule has 0 atom stereocenters. The Labute approximate surface area is 165 Å². The number of carbonyl (C=O) groups excluding carboxylic acids is 1. The first-order valence-electron chi connectivity index (χ1n) is 9.94. The first-order chi connectivity index (χ1) is 13.7. The summed E-state index contributed by atoms with van der Waals surface area (Å²) in [5, 5.41) is 1.22. The zero-order valence-electron chi connectivity index (χ0n) is 16.3. The minimum absolute atomic E-state index is 0.385. The van der Waals surface area contributed by atoms with Crippen molar-refractivity contribution in [3.63, 3.8) is 0 Å². The Bertz CT molecular complexity index is 976. The number of nitrogens with zero attached hydrogens (tertiary/aromatic N) is 3. The number of hydrogen-bond donors (Lipinski definition) is 1. The van der Waals surface area contributed by atoms with E-state index in [-0.39, 0.29) is 5.91 Å². The molecule has 1 aliphatic heterocycles. The molecule has 5 nitrogen and oxygen atoms in total. The van der Waals surface area contributed by atoms with E-state index in [0.29, 0.717) is 5.56 Å². The van der Waals surface area contributed by atoms with E-state index in [4.69, 9.17) is 10.7 Å². The van der Waals surface area contributed by atoms with Crippen LogP contribution in [0.4, 0.5) is 11.4 Å². The molecule has 2 N–H and O–H groups in total. The molecule has 2 aromatic carbocycles. The van der Waals surface area contributed by atoms with Crippen LogP contribution in [-0.2, 0) is 6.42 Å². The molecule has 1 fully saturated rings. The van der Waals surface area contributed by atoms with Crippen LogP contribution in [0.5, 0.6) is 0 Å². The molecule has 0 saturated carbocycles. The molecule has 0 radical (unpaired) electrons. The minimum Gasteiger partial charge on any atom is -0.368 e. The zero-order valence-corrected chi connectivity index (χ0v) is 16.3. The number of rotatable bonds is 5. The number of aromatic nitrogens is 1. The van der Waals surface area contributed by atoms with Crippen molar-refractivity contribution in [1.82, 2.24) is 4.98 Å². The van der Waals surface area contributed by atoms with Gasteiger partial charge in [0, 0.05) is 54.2 Å². The number of primary amides is 1. The predicted octanol–water partition coefficient (Wildman–Crippen LogP) is 3.61. The molecule has 28 heavy (non-hydrogen) atoms. The highest BCUT2D eigenvalue weighted by atomic mass is 16.1. The highest BCUT2D eigenvalue weighted by molar-refractivity contribution is 5.93. The molecule has 5 heteroatoms. The molecular weight excluding hydrogens is 348 g/mol. The van der Waals surface area contributed by atoms with Crippen LogP contribution in [0, 0.1) is 0 Å². The first-order valence-corrected chi connectivity index (χ1v) is 9.94. The smallest absolute Gasteiger partial charge is 0.248 e. The summed E-state index contributed by atoms with van der Waals surface area (Å²) < 4.78 is 0. The topological polar surface area (TPSA) is 62.5 Å². The van der Waals surface area contributed by atoms with Crippen LogP contribution in [0.15, 0.2) is 54.6 Å². The summed E-state index contributed by atoms with van der Waals surface area (Å²) >= 11 is 0. The molecule has 0 aliphatic carbocycles. The lowest BCUT2D eigenvalue weighted by Gasteiger charge is -2.38. The lowest BCUT2D eigenvalue weighted by atomic mass is 10.1. The molecule has 0 bridgehead atoms. The van der Waals surface area contributed by atoms with Gasteiger partial charge in [0.05, 0.1) is 5.52 Å². The maximum absolute atomic E-state index is 11.3. The molecular formula is C23H26N4O. The lowest BCUT2D eigenvalue weighted by molar-refractivity contribution is 0.100. The Hall–Kier alpha value is -3.08. The van der Waals surface area contributed by atoms with Gasteiger partial charge < -0.3 is 15.5 Å². The number of para-hydroxylation sites is 1. The van der Waals surface area contributed by atoms with Crippen molar-refractivity contribution in [2.75, 3.05) is 36.0 Å². The number of pyridine rings is 1. The van der Waals surface area contributed by atoms with Crippen LogP contribution in [0.25, 0.3) is 10.9 Å². The van der Waals surface area contributed by atoms with Crippen molar-refractivity contribution in [3.05, 3.63) is 65.9 Å². The number of aryl methyl sites for hydroxylation is 1. The van der Waals surface area contributed by atoms with Gasteiger partial charge in [-0.25, -0.2) is 0 Å². The fourth-order valence-electron chi connectivity index (χ4n) is 3.90. The van der Waals surface area contributed by atoms with E-state index in [1.54, 1.807) is 12.1 Å². The molecule has 0 spiro atoms. The molecule has 1 saturated heterocycles. The summed E-state index contributed by atoms with van der Waals surface area (Å²) in [6.07, 6.45) is 2.10. The molecule has 144 valence electrons. The number of piperazine rings is 1. The maximum Gasteiger partial charge on any atom is 0.248 e. The van der Waals surface area contributed by atoms with Gasteiger partial charge in [0.1, 0.15) is 0 Å². The van der Waals surface area contributed by atoms with Crippen LogP contribution in [0.2, 0.25) is 0 Å². The second-order valence-corrected chi connectivity index (χ2v) is 7.29. The van der Waals surface area contributed by atoms with Crippen LogP contribution in [0.3, 0.4) is 0 Å². The monoisotopic (exact) mass is 374 g/mol. The summed E-state index contributed by atoms with van der Waals surface area (Å²) in [7, 11) is 0. The molecule has 1 aromatic heterocycles. The Balaban J connectivity index is 1.54. The molecule has 1 aliphatic rings. The van der Waals surface area contributed by atoms with Gasteiger partial charge in [-0.1, -0.05) is 31.5 Å². The number of nitrogens with two attached hydrogens (primary N) is 1. The van der Waals surface area contributed by atoms with Gasteiger partial charge >= 0.3 is 0 Å². The Morgan fingerprint density at radius 3 is 2.36 bits per heavy atom. The number of amides is 1. The number of hydrogen-bond acceptors (Lipinski definition) is 4. The van der Waals surface area contributed by atoms with Crippen molar-refractivity contribution >= 4 is 28.2 Å². The normalized spacial score (nSPS) is 14.5. The third-order valence-electron chi connectivity index (χ3n) is 5.39. The van der Waals surface area contributed by atoms with Crippen molar-refractivity contribution < 1.29 is 4.79 Å². The third kappa shape index (κ3) is 3.65. The first kappa shape index (κ1) is 18.3. The third-order valence-corrected chi connectivity index (χ3v) is 5.39. The van der Waals surface area contributed by atoms with Crippen molar-refractivity contribution in [1.29, 1.82) is 0 Å². The summed E-state index contributed by atoms with van der Waals surface area (Å²) in [6.45, 7) is 5.98. The molecule has 0 unspecified atom stereocenters. The van der Waals surface area contributed by atoms with Crippen LogP contribution < -0.4 is 15.5 Å². The van der Waals surface area contributed by atoms with Gasteiger partial charge in [0.15, 0.2) is 0 Å². The maximum atomic E-state index is 11.3. The lowest BCUT2D eigenvalue weighted by Crippen LogP contribution is -2.46. The van der Waals surface area contributed by atoms with E-state index >= 15 is 0 Å². The summed E-state index contributed by atoms with van der Waals surface area (Å²) in [4.78, 5) is 20.9. The van der Waals surface area contributed by atoms with E-state index in [1.807, 2.05) is 12.1 Å². The molecule has 3 aromatic rings. The van der Waals surface area contributed by atoms with E-state index < -0.39 is 0 Å². The van der Waals surface area contributed by atoms with E-state index in [1.165, 1.54) is 16.8 Å². The molecule has 4 rings (SSSR count). The summed E-state index contributed by atoms with van der Waals surface area (Å²) in [6, 6.07) is 18.3. The van der Waals surface area contributed by atoms with E-state index in [9.17, 15) is 4.79 Å². The van der Waals surface area contributed by atoms with Crippen LogP contribution in [0.1, 0.15) is 29.4 Å². The second-order valence-electron chi connectivity index (χ2n) is 7.29.